The van der Waals surface area contributed by atoms with E-state index in [1.54, 1.807) is 16.4 Å². The van der Waals surface area contributed by atoms with E-state index in [2.05, 4.69) is 18.7 Å². The van der Waals surface area contributed by atoms with Crippen LogP contribution in [0.1, 0.15) is 53.0 Å². The second kappa shape index (κ2) is 10.8. The molecule has 0 saturated carbocycles. The highest BCUT2D eigenvalue weighted by Crippen LogP contribution is 2.20. The van der Waals surface area contributed by atoms with Gasteiger partial charge in [-0.2, -0.15) is 4.31 Å². The van der Waals surface area contributed by atoms with E-state index in [9.17, 15) is 8.42 Å². The number of piperazine rings is 1. The van der Waals surface area contributed by atoms with E-state index < -0.39 is 10.0 Å². The molecule has 0 radical (unpaired) electrons. The summed E-state index contributed by atoms with van der Waals surface area (Å²) in [7, 11) is -1.31. The lowest BCUT2D eigenvalue weighted by atomic mass is 10.0. The highest BCUT2D eigenvalue weighted by molar-refractivity contribution is 7.89. The van der Waals surface area contributed by atoms with E-state index in [1.807, 2.05) is 46.9 Å². The minimum absolute atomic E-state index is 0.404. The Balaban J connectivity index is 0.00000112. The molecule has 1 aliphatic heterocycles. The van der Waals surface area contributed by atoms with Crippen molar-refractivity contribution in [3.63, 3.8) is 0 Å². The third-order valence-electron chi connectivity index (χ3n) is 3.65. The quantitative estimate of drug-likeness (QED) is 0.839. The van der Waals surface area contributed by atoms with Crippen LogP contribution in [0.3, 0.4) is 0 Å². The van der Waals surface area contributed by atoms with E-state index in [1.165, 1.54) is 0 Å². The van der Waals surface area contributed by atoms with E-state index >= 15 is 0 Å². The lowest BCUT2D eigenvalue weighted by Crippen LogP contribution is -2.46. The summed E-state index contributed by atoms with van der Waals surface area (Å²) in [5.41, 5.74) is 1.16. The summed E-state index contributed by atoms with van der Waals surface area (Å²) in [6.07, 6.45) is 0. The molecule has 5 heteroatoms. The Bertz CT molecular complexity index is 516. The maximum atomic E-state index is 12.5. The van der Waals surface area contributed by atoms with Crippen molar-refractivity contribution in [2.75, 3.05) is 33.2 Å². The Kier molecular flexibility index (Phi) is 10.4. The molecule has 4 nitrogen and oxygen atoms in total. The molecule has 1 saturated heterocycles. The number of nitrogens with zero attached hydrogens (tertiary/aromatic N) is 2. The van der Waals surface area contributed by atoms with Gasteiger partial charge in [-0.15, -0.1) is 0 Å². The molecule has 2 rings (SSSR count). The van der Waals surface area contributed by atoms with Crippen molar-refractivity contribution in [2.24, 2.45) is 0 Å². The summed E-state index contributed by atoms with van der Waals surface area (Å²) in [6, 6.07) is 7.27. The Morgan fingerprint density at radius 1 is 0.870 bits per heavy atom. The predicted molar refractivity (Wildman–Crippen MR) is 99.5 cm³/mol. The molecule has 0 unspecified atom stereocenters. The summed E-state index contributed by atoms with van der Waals surface area (Å²) in [5.74, 6) is 0.417. The van der Waals surface area contributed by atoms with Crippen LogP contribution in [-0.2, 0) is 10.0 Å². The van der Waals surface area contributed by atoms with Crippen LogP contribution < -0.4 is 0 Å². The van der Waals surface area contributed by atoms with Crippen molar-refractivity contribution < 1.29 is 8.42 Å². The topological polar surface area (TPSA) is 40.6 Å². The molecule has 1 aliphatic rings. The summed E-state index contributed by atoms with van der Waals surface area (Å²) in [4.78, 5) is 2.55. The number of likely N-dealkylation sites (N-methyl/N-ethyl adjacent to an activating group) is 1. The van der Waals surface area contributed by atoms with Gasteiger partial charge in [0.05, 0.1) is 4.90 Å². The number of hydrogen-bond acceptors (Lipinski definition) is 3. The number of benzene rings is 1. The molecule has 0 aromatic heterocycles. The fourth-order valence-electron chi connectivity index (χ4n) is 2.20. The van der Waals surface area contributed by atoms with Crippen LogP contribution >= 0.6 is 0 Å². The highest BCUT2D eigenvalue weighted by Gasteiger charge is 2.27. The molecule has 0 bridgehead atoms. The molecular weight excluding hydrogens is 308 g/mol. The minimum Gasteiger partial charge on any atom is -0.304 e. The zero-order valence-electron chi connectivity index (χ0n) is 15.8. The van der Waals surface area contributed by atoms with Gasteiger partial charge in [0.1, 0.15) is 0 Å². The molecule has 1 fully saturated rings. The van der Waals surface area contributed by atoms with E-state index in [-0.39, 0.29) is 0 Å². The Labute approximate surface area is 143 Å². The second-order valence-electron chi connectivity index (χ2n) is 5.43. The molecular formula is C18H34N2O2S. The van der Waals surface area contributed by atoms with Crippen molar-refractivity contribution in [3.8, 4) is 0 Å². The maximum absolute atomic E-state index is 12.5. The van der Waals surface area contributed by atoms with Crippen LogP contribution in [-0.4, -0.2) is 50.8 Å². The van der Waals surface area contributed by atoms with E-state index in [0.717, 1.165) is 18.7 Å². The molecule has 0 amide bonds. The van der Waals surface area contributed by atoms with Gasteiger partial charge in [-0.1, -0.05) is 53.7 Å². The molecule has 0 atom stereocenters. The molecule has 0 N–H and O–H groups in total. The standard InChI is InChI=1S/C14H22N2O2S.2C2H6/c1-12(2)13-4-6-14(7-5-13)19(17,18)16-10-8-15(3)9-11-16;2*1-2/h4-7,12H,8-11H2,1-3H3;2*1-2H3. The summed E-state index contributed by atoms with van der Waals surface area (Å²) in [6.45, 7) is 14.9. The molecule has 23 heavy (non-hydrogen) atoms. The number of hydrogen-bond donors (Lipinski definition) is 0. The third-order valence-corrected chi connectivity index (χ3v) is 5.56. The fraction of sp³-hybridized carbons (Fsp3) is 0.667. The van der Waals surface area contributed by atoms with Gasteiger partial charge in [0.15, 0.2) is 0 Å². The smallest absolute Gasteiger partial charge is 0.243 e. The molecule has 1 aromatic carbocycles. The zero-order valence-corrected chi connectivity index (χ0v) is 16.7. The van der Waals surface area contributed by atoms with Crippen molar-refractivity contribution in [3.05, 3.63) is 29.8 Å². The van der Waals surface area contributed by atoms with Crippen LogP contribution in [0.5, 0.6) is 0 Å². The molecule has 1 heterocycles. The van der Waals surface area contributed by atoms with Gasteiger partial charge in [-0.3, -0.25) is 0 Å². The zero-order chi connectivity index (χ0) is 18.0. The second-order valence-corrected chi connectivity index (χ2v) is 7.37. The lowest BCUT2D eigenvalue weighted by Gasteiger charge is -2.31. The highest BCUT2D eigenvalue weighted by atomic mass is 32.2. The first-order valence-electron chi connectivity index (χ1n) is 8.70. The largest absolute Gasteiger partial charge is 0.304 e. The maximum Gasteiger partial charge on any atom is 0.243 e. The van der Waals surface area contributed by atoms with Gasteiger partial charge in [-0.05, 0) is 30.7 Å². The van der Waals surface area contributed by atoms with Gasteiger partial charge in [0.2, 0.25) is 10.0 Å². The van der Waals surface area contributed by atoms with Crippen molar-refractivity contribution >= 4 is 10.0 Å². The van der Waals surface area contributed by atoms with Gasteiger partial charge < -0.3 is 4.90 Å². The van der Waals surface area contributed by atoms with E-state index in [0.29, 0.717) is 23.9 Å². The predicted octanol–water partition coefficient (Wildman–Crippen LogP) is 3.80. The van der Waals surface area contributed by atoms with Crippen LogP contribution in [0.4, 0.5) is 0 Å². The van der Waals surface area contributed by atoms with Crippen LogP contribution in [0.15, 0.2) is 29.2 Å². The monoisotopic (exact) mass is 342 g/mol. The average Bonchev–Trinajstić information content (AvgIpc) is 2.59. The molecule has 0 spiro atoms. The summed E-state index contributed by atoms with van der Waals surface area (Å²) >= 11 is 0. The van der Waals surface area contributed by atoms with Crippen LogP contribution in [0, 0.1) is 0 Å². The summed E-state index contributed by atoms with van der Waals surface area (Å²) in [5, 5.41) is 0. The summed E-state index contributed by atoms with van der Waals surface area (Å²) < 4.78 is 26.5. The van der Waals surface area contributed by atoms with Gasteiger partial charge in [0, 0.05) is 26.2 Å². The first-order valence-corrected chi connectivity index (χ1v) is 10.1. The van der Waals surface area contributed by atoms with Gasteiger partial charge in [-0.25, -0.2) is 8.42 Å². The van der Waals surface area contributed by atoms with Crippen molar-refractivity contribution in [1.82, 2.24) is 9.21 Å². The van der Waals surface area contributed by atoms with Crippen molar-refractivity contribution in [2.45, 2.75) is 52.4 Å². The van der Waals surface area contributed by atoms with Gasteiger partial charge >= 0.3 is 0 Å². The Hall–Kier alpha value is -0.910. The number of sulfonamides is 1. The van der Waals surface area contributed by atoms with Crippen LogP contribution in [0.25, 0.3) is 0 Å². The normalized spacial score (nSPS) is 16.2. The Morgan fingerprint density at radius 2 is 1.30 bits per heavy atom. The third kappa shape index (κ3) is 6.24. The fourth-order valence-corrected chi connectivity index (χ4v) is 3.62. The first-order chi connectivity index (χ1) is 10.9. The average molecular weight is 343 g/mol. The molecule has 1 aromatic rings. The van der Waals surface area contributed by atoms with Crippen LogP contribution in [0.2, 0.25) is 0 Å². The Morgan fingerprint density at radius 3 is 1.70 bits per heavy atom. The lowest BCUT2D eigenvalue weighted by molar-refractivity contribution is 0.222. The number of rotatable bonds is 3. The minimum atomic E-state index is -3.32. The van der Waals surface area contributed by atoms with Crippen molar-refractivity contribution in [1.29, 1.82) is 0 Å². The van der Waals surface area contributed by atoms with Gasteiger partial charge in [0.25, 0.3) is 0 Å². The molecule has 134 valence electrons. The first kappa shape index (κ1) is 22.1. The van der Waals surface area contributed by atoms with E-state index in [4.69, 9.17) is 0 Å². The SMILES string of the molecule is CC.CC.CC(C)c1ccc(S(=O)(=O)N2CCN(C)CC2)cc1. The molecule has 0 aliphatic carbocycles.